The van der Waals surface area contributed by atoms with Crippen molar-refractivity contribution >= 4 is 22.7 Å². The van der Waals surface area contributed by atoms with Crippen molar-refractivity contribution in [2.45, 2.75) is 20.8 Å². The van der Waals surface area contributed by atoms with Crippen LogP contribution in [0.5, 0.6) is 5.75 Å². The van der Waals surface area contributed by atoms with Gasteiger partial charge in [-0.05, 0) is 55.7 Å². The minimum absolute atomic E-state index is 0.217. The van der Waals surface area contributed by atoms with Gasteiger partial charge in [0.15, 0.2) is 0 Å². The van der Waals surface area contributed by atoms with E-state index in [-0.39, 0.29) is 5.75 Å². The smallest absolute Gasteiger partial charge is 0.120 e. The first kappa shape index (κ1) is 15.0. The highest BCUT2D eigenvalue weighted by Crippen LogP contribution is 2.33. The van der Waals surface area contributed by atoms with Crippen LogP contribution in [0, 0.1) is 20.8 Å². The van der Waals surface area contributed by atoms with Gasteiger partial charge in [0.25, 0.3) is 0 Å². The molecule has 0 heterocycles. The predicted octanol–water partition coefficient (Wildman–Crippen LogP) is 3.71. The molecule has 4 nitrogen and oxygen atoms in total. The van der Waals surface area contributed by atoms with Crippen LogP contribution in [0.3, 0.4) is 0 Å². The van der Waals surface area contributed by atoms with Crippen molar-refractivity contribution in [3.05, 3.63) is 41.0 Å². The Hall–Kier alpha value is -2.36. The Morgan fingerprint density at radius 3 is 2.05 bits per heavy atom. The quantitative estimate of drug-likeness (QED) is 0.594. The van der Waals surface area contributed by atoms with Crippen molar-refractivity contribution < 1.29 is 5.11 Å². The number of hydrogen-bond donors (Lipinski definition) is 3. The van der Waals surface area contributed by atoms with Crippen molar-refractivity contribution in [3.8, 4) is 5.75 Å². The maximum atomic E-state index is 9.68. The molecule has 0 aliphatic rings. The van der Waals surface area contributed by atoms with Gasteiger partial charge in [-0.25, -0.2) is 0 Å². The van der Waals surface area contributed by atoms with Crippen molar-refractivity contribution in [1.29, 1.82) is 0 Å². The maximum absolute atomic E-state index is 9.68. The summed E-state index contributed by atoms with van der Waals surface area (Å²) in [5.41, 5.74) is 12.7. The van der Waals surface area contributed by atoms with Gasteiger partial charge in [0.2, 0.25) is 0 Å². The first-order valence-corrected chi connectivity index (χ1v) is 6.94. The van der Waals surface area contributed by atoms with Gasteiger partial charge >= 0.3 is 0 Å². The number of nitrogens with zero attached hydrogens (tertiary/aromatic N) is 1. The highest BCUT2D eigenvalue weighted by atomic mass is 16.3. The molecular formula is C17H23N3O. The third-order valence-electron chi connectivity index (χ3n) is 3.66. The lowest BCUT2D eigenvalue weighted by Gasteiger charge is -2.19. The molecule has 0 unspecified atom stereocenters. The molecule has 0 aromatic heterocycles. The largest absolute Gasteiger partial charge is 0.508 e. The summed E-state index contributed by atoms with van der Waals surface area (Å²) in [7, 11) is 4.06. The zero-order valence-electron chi connectivity index (χ0n) is 13.3. The Kier molecular flexibility index (Phi) is 3.98. The van der Waals surface area contributed by atoms with Crippen LogP contribution in [-0.4, -0.2) is 19.2 Å². The van der Waals surface area contributed by atoms with Gasteiger partial charge in [-0.1, -0.05) is 0 Å². The summed E-state index contributed by atoms with van der Waals surface area (Å²) in [6.07, 6.45) is 0. The van der Waals surface area contributed by atoms with E-state index in [0.29, 0.717) is 5.69 Å². The topological polar surface area (TPSA) is 61.5 Å². The zero-order chi connectivity index (χ0) is 15.7. The molecule has 4 heteroatoms. The second kappa shape index (κ2) is 5.56. The van der Waals surface area contributed by atoms with Crippen LogP contribution < -0.4 is 16.0 Å². The molecule has 2 rings (SSSR count). The average Bonchev–Trinajstić information content (AvgIpc) is 2.39. The van der Waals surface area contributed by atoms with Gasteiger partial charge in [-0.3, -0.25) is 0 Å². The molecule has 0 saturated heterocycles. The number of anilines is 4. The molecule has 0 saturated carbocycles. The van der Waals surface area contributed by atoms with Gasteiger partial charge in [-0.15, -0.1) is 0 Å². The van der Waals surface area contributed by atoms with E-state index in [1.165, 1.54) is 5.69 Å². The summed E-state index contributed by atoms with van der Waals surface area (Å²) < 4.78 is 0. The average molecular weight is 285 g/mol. The van der Waals surface area contributed by atoms with E-state index in [0.717, 1.165) is 28.1 Å². The van der Waals surface area contributed by atoms with E-state index in [4.69, 9.17) is 5.73 Å². The predicted molar refractivity (Wildman–Crippen MR) is 90.8 cm³/mol. The highest BCUT2D eigenvalue weighted by molar-refractivity contribution is 5.78. The highest BCUT2D eigenvalue weighted by Gasteiger charge is 2.10. The number of aryl methyl sites for hydroxylation is 3. The van der Waals surface area contributed by atoms with E-state index in [2.05, 4.69) is 36.2 Å². The fourth-order valence-corrected chi connectivity index (χ4v) is 2.35. The third kappa shape index (κ3) is 3.05. The van der Waals surface area contributed by atoms with Crippen molar-refractivity contribution in [2.24, 2.45) is 0 Å². The first-order chi connectivity index (χ1) is 9.79. The number of nitrogens with two attached hydrogens (primary N) is 1. The minimum atomic E-state index is 0.217. The molecule has 0 radical (unpaired) electrons. The Morgan fingerprint density at radius 2 is 1.52 bits per heavy atom. The van der Waals surface area contributed by atoms with Crippen LogP contribution in [0.25, 0.3) is 0 Å². The summed E-state index contributed by atoms with van der Waals surface area (Å²) in [4.78, 5) is 2.09. The zero-order valence-corrected chi connectivity index (χ0v) is 13.3. The second-order valence-electron chi connectivity index (χ2n) is 5.70. The molecule has 4 N–H and O–H groups in total. The monoisotopic (exact) mass is 285 g/mol. The number of phenols is 1. The number of aromatic hydroxyl groups is 1. The Labute approximate surface area is 126 Å². The van der Waals surface area contributed by atoms with Gasteiger partial charge < -0.3 is 21.1 Å². The van der Waals surface area contributed by atoms with E-state index >= 15 is 0 Å². The number of hydrogen-bond acceptors (Lipinski definition) is 4. The fraction of sp³-hybridized carbons (Fsp3) is 0.294. The number of nitrogen functional groups attached to an aromatic ring is 1. The molecule has 0 aliphatic carbocycles. The Balaban J connectivity index is 2.43. The summed E-state index contributed by atoms with van der Waals surface area (Å²) >= 11 is 0. The van der Waals surface area contributed by atoms with E-state index in [1.54, 1.807) is 6.07 Å². The summed E-state index contributed by atoms with van der Waals surface area (Å²) in [5.74, 6) is 0.217. The van der Waals surface area contributed by atoms with Crippen LogP contribution in [0.2, 0.25) is 0 Å². The number of benzene rings is 2. The van der Waals surface area contributed by atoms with Crippen molar-refractivity contribution in [3.63, 3.8) is 0 Å². The third-order valence-corrected chi connectivity index (χ3v) is 3.66. The number of nitrogens with one attached hydrogen (secondary N) is 1. The second-order valence-corrected chi connectivity index (χ2v) is 5.70. The summed E-state index contributed by atoms with van der Waals surface area (Å²) in [6.45, 7) is 6.01. The molecule has 21 heavy (non-hydrogen) atoms. The Morgan fingerprint density at radius 1 is 0.952 bits per heavy atom. The minimum Gasteiger partial charge on any atom is -0.508 e. The van der Waals surface area contributed by atoms with Gasteiger partial charge in [0, 0.05) is 31.5 Å². The molecule has 0 amide bonds. The molecule has 0 atom stereocenters. The standard InChI is InChI=1S/C17H23N3O/c1-10-8-15(14(18)9-16(10)21)19-17-11(2)6-13(20(4)5)7-12(17)3/h6-9,19,21H,18H2,1-5H3. The number of phenolic OH excluding ortho intramolecular Hbond substituents is 1. The molecule has 0 bridgehead atoms. The first-order valence-electron chi connectivity index (χ1n) is 6.94. The van der Waals surface area contributed by atoms with E-state index < -0.39 is 0 Å². The Bertz CT molecular complexity index is 655. The molecular weight excluding hydrogens is 262 g/mol. The van der Waals surface area contributed by atoms with E-state index in [9.17, 15) is 5.11 Å². The van der Waals surface area contributed by atoms with Crippen LogP contribution in [-0.2, 0) is 0 Å². The van der Waals surface area contributed by atoms with Crippen LogP contribution in [0.1, 0.15) is 16.7 Å². The molecule has 0 aliphatic heterocycles. The van der Waals surface area contributed by atoms with Crippen molar-refractivity contribution in [1.82, 2.24) is 0 Å². The lowest BCUT2D eigenvalue weighted by Crippen LogP contribution is -2.10. The van der Waals surface area contributed by atoms with Crippen LogP contribution >= 0.6 is 0 Å². The van der Waals surface area contributed by atoms with Gasteiger partial charge in [0.05, 0.1) is 11.4 Å². The molecule has 112 valence electrons. The maximum Gasteiger partial charge on any atom is 0.120 e. The molecule has 0 spiro atoms. The molecule has 2 aromatic rings. The van der Waals surface area contributed by atoms with Crippen molar-refractivity contribution in [2.75, 3.05) is 30.0 Å². The lowest BCUT2D eigenvalue weighted by molar-refractivity contribution is 0.471. The fourth-order valence-electron chi connectivity index (χ4n) is 2.35. The van der Waals surface area contributed by atoms with Crippen LogP contribution in [0.4, 0.5) is 22.7 Å². The summed E-state index contributed by atoms with van der Waals surface area (Å²) in [5, 5.41) is 13.1. The number of rotatable bonds is 3. The molecule has 0 fully saturated rings. The summed E-state index contributed by atoms with van der Waals surface area (Å²) in [6, 6.07) is 7.72. The lowest BCUT2D eigenvalue weighted by atomic mass is 10.1. The molecule has 2 aromatic carbocycles. The SMILES string of the molecule is Cc1cc(Nc2c(C)cc(N(C)C)cc2C)c(N)cc1O. The normalized spacial score (nSPS) is 10.5. The van der Waals surface area contributed by atoms with Gasteiger partial charge in [0.1, 0.15) is 5.75 Å². The van der Waals surface area contributed by atoms with E-state index in [1.807, 2.05) is 27.1 Å². The van der Waals surface area contributed by atoms with Crippen LogP contribution in [0.15, 0.2) is 24.3 Å². The van der Waals surface area contributed by atoms with Gasteiger partial charge in [-0.2, -0.15) is 0 Å².